The molecular weight excluding hydrogens is 410 g/mol. The number of hydrogen-bond donors (Lipinski definition) is 0. The lowest BCUT2D eigenvalue weighted by atomic mass is 9.93. The van der Waals surface area contributed by atoms with Crippen LogP contribution in [0, 0.1) is 6.92 Å². The minimum absolute atomic E-state index is 0.0394. The zero-order valence-electron chi connectivity index (χ0n) is 17.2. The maximum Gasteiger partial charge on any atom is 0.243 e. The van der Waals surface area contributed by atoms with Crippen LogP contribution in [0.1, 0.15) is 40.5 Å². The smallest absolute Gasteiger partial charge is 0.243 e. The van der Waals surface area contributed by atoms with E-state index in [1.54, 1.807) is 18.5 Å². The number of fused-ring (bicyclic) bond motifs is 2. The first kappa shape index (κ1) is 19.9. The molecule has 7 heteroatoms. The summed E-state index contributed by atoms with van der Waals surface area (Å²) in [5.74, 6) is 0.0394. The number of imidazole rings is 1. The van der Waals surface area contributed by atoms with Crippen molar-refractivity contribution in [1.82, 2.24) is 13.9 Å². The summed E-state index contributed by atoms with van der Waals surface area (Å²) < 4.78 is 30.1. The summed E-state index contributed by atoms with van der Waals surface area (Å²) in [6.45, 7) is 2.64. The van der Waals surface area contributed by atoms with Crippen LogP contribution in [0.25, 0.3) is 5.57 Å². The number of Topliss-reactive ketones (excluding diaryl/α,β-unsaturated/α-hetero) is 1. The predicted octanol–water partition coefficient (Wildman–Crippen LogP) is 3.87. The summed E-state index contributed by atoms with van der Waals surface area (Å²) in [4.78, 5) is 17.5. The molecule has 2 aliphatic rings. The Kier molecular flexibility index (Phi) is 4.87. The van der Waals surface area contributed by atoms with E-state index >= 15 is 0 Å². The Morgan fingerprint density at radius 1 is 1.10 bits per heavy atom. The number of carbonyl (C=O) groups excluding carboxylic acids is 1. The lowest BCUT2D eigenvalue weighted by molar-refractivity contribution is 0.0969. The number of hydrogen-bond acceptors (Lipinski definition) is 4. The van der Waals surface area contributed by atoms with Gasteiger partial charge in [-0.3, -0.25) is 4.79 Å². The molecule has 3 heterocycles. The van der Waals surface area contributed by atoms with Crippen molar-refractivity contribution in [3.63, 3.8) is 0 Å². The summed E-state index contributed by atoms with van der Waals surface area (Å²) >= 11 is 0. The van der Waals surface area contributed by atoms with Gasteiger partial charge in [-0.1, -0.05) is 48.0 Å². The number of aromatic nitrogens is 2. The molecule has 0 amide bonds. The van der Waals surface area contributed by atoms with E-state index in [0.29, 0.717) is 30.0 Å². The van der Waals surface area contributed by atoms with Gasteiger partial charge in [0.25, 0.3) is 0 Å². The highest BCUT2D eigenvalue weighted by molar-refractivity contribution is 7.89. The molecule has 0 saturated heterocycles. The fourth-order valence-electron chi connectivity index (χ4n) is 4.52. The Morgan fingerprint density at radius 2 is 1.84 bits per heavy atom. The van der Waals surface area contributed by atoms with Crippen molar-refractivity contribution in [1.29, 1.82) is 0 Å². The summed E-state index contributed by atoms with van der Waals surface area (Å²) in [5.41, 5.74) is 4.80. The lowest BCUT2D eigenvalue weighted by Crippen LogP contribution is -2.37. The number of rotatable bonds is 5. The molecule has 0 fully saturated rings. The maximum absolute atomic E-state index is 13.3. The van der Waals surface area contributed by atoms with Gasteiger partial charge in [0.2, 0.25) is 10.0 Å². The molecule has 5 rings (SSSR count). The second-order valence-electron chi connectivity index (χ2n) is 8.10. The number of benzene rings is 2. The van der Waals surface area contributed by atoms with Crippen LogP contribution in [0.5, 0.6) is 0 Å². The van der Waals surface area contributed by atoms with E-state index in [9.17, 15) is 13.2 Å². The highest BCUT2D eigenvalue weighted by Crippen LogP contribution is 2.43. The zero-order valence-corrected chi connectivity index (χ0v) is 18.0. The minimum atomic E-state index is -3.60. The van der Waals surface area contributed by atoms with E-state index in [1.165, 1.54) is 4.31 Å². The lowest BCUT2D eigenvalue weighted by Gasteiger charge is -2.29. The summed E-state index contributed by atoms with van der Waals surface area (Å²) in [6, 6.07) is 16.0. The predicted molar refractivity (Wildman–Crippen MR) is 118 cm³/mol. The number of carbonyl (C=O) groups is 1. The van der Waals surface area contributed by atoms with Crippen molar-refractivity contribution in [2.24, 2.45) is 0 Å². The van der Waals surface area contributed by atoms with Crippen LogP contribution in [0.3, 0.4) is 0 Å². The Balaban J connectivity index is 1.45. The van der Waals surface area contributed by atoms with E-state index in [4.69, 9.17) is 0 Å². The molecule has 1 aromatic heterocycles. The van der Waals surface area contributed by atoms with Crippen LogP contribution < -0.4 is 0 Å². The van der Waals surface area contributed by atoms with Crippen LogP contribution in [0.4, 0.5) is 0 Å². The van der Waals surface area contributed by atoms with Crippen molar-refractivity contribution in [3.8, 4) is 0 Å². The van der Waals surface area contributed by atoms with Crippen molar-refractivity contribution < 1.29 is 13.2 Å². The van der Waals surface area contributed by atoms with Crippen LogP contribution in [0.15, 0.2) is 77.6 Å². The van der Waals surface area contributed by atoms with Gasteiger partial charge in [0, 0.05) is 25.1 Å². The van der Waals surface area contributed by atoms with Crippen molar-refractivity contribution >= 4 is 21.4 Å². The van der Waals surface area contributed by atoms with E-state index in [2.05, 4.69) is 4.98 Å². The van der Waals surface area contributed by atoms with Gasteiger partial charge in [-0.05, 0) is 36.6 Å². The second-order valence-corrected chi connectivity index (χ2v) is 10.0. The number of sulfonamides is 1. The van der Waals surface area contributed by atoms with Gasteiger partial charge in [-0.2, -0.15) is 4.31 Å². The summed E-state index contributed by atoms with van der Waals surface area (Å²) in [6.07, 6.45) is 4.45. The first-order valence-electron chi connectivity index (χ1n) is 10.3. The second kappa shape index (κ2) is 7.59. The van der Waals surface area contributed by atoms with Crippen LogP contribution in [-0.4, -0.2) is 41.1 Å². The first-order valence-corrected chi connectivity index (χ1v) is 11.8. The fourth-order valence-corrected chi connectivity index (χ4v) is 5.94. The summed E-state index contributed by atoms with van der Waals surface area (Å²) in [5, 5.41) is 0. The molecule has 2 aliphatic heterocycles. The topological polar surface area (TPSA) is 72.3 Å². The van der Waals surface area contributed by atoms with Gasteiger partial charge < -0.3 is 4.57 Å². The SMILES string of the molecule is Cc1ccc(S(=O)(=O)N2CCC3=C(C2)C(CC(=O)c2ccccc2)n2cncc23)cc1. The monoisotopic (exact) mass is 433 g/mol. The number of nitrogens with zero attached hydrogens (tertiary/aromatic N) is 3. The van der Waals surface area contributed by atoms with Crippen LogP contribution in [-0.2, 0) is 10.0 Å². The third kappa shape index (κ3) is 3.43. The average Bonchev–Trinajstić information content (AvgIpc) is 3.37. The first-order chi connectivity index (χ1) is 14.9. The summed E-state index contributed by atoms with van der Waals surface area (Å²) in [7, 11) is -3.60. The van der Waals surface area contributed by atoms with Crippen molar-refractivity contribution in [2.75, 3.05) is 13.1 Å². The Labute approximate surface area is 181 Å². The van der Waals surface area contributed by atoms with E-state index in [0.717, 1.165) is 22.4 Å². The molecule has 3 aromatic rings. The molecule has 0 saturated carbocycles. The van der Waals surface area contributed by atoms with E-state index in [1.807, 2.05) is 60.2 Å². The molecule has 0 radical (unpaired) electrons. The van der Waals surface area contributed by atoms with Gasteiger partial charge >= 0.3 is 0 Å². The Morgan fingerprint density at radius 3 is 2.58 bits per heavy atom. The largest absolute Gasteiger partial charge is 0.323 e. The fraction of sp³-hybridized carbons (Fsp3) is 0.250. The molecule has 1 atom stereocenters. The molecule has 0 aliphatic carbocycles. The third-order valence-electron chi connectivity index (χ3n) is 6.19. The van der Waals surface area contributed by atoms with Crippen molar-refractivity contribution in [2.45, 2.75) is 30.7 Å². The molecular formula is C24H23N3O3S. The molecule has 6 nitrogen and oxygen atoms in total. The van der Waals surface area contributed by atoms with Crippen LogP contribution >= 0.6 is 0 Å². The number of ketones is 1. The van der Waals surface area contributed by atoms with Crippen molar-refractivity contribution in [3.05, 3.63) is 89.5 Å². The maximum atomic E-state index is 13.3. The molecule has 31 heavy (non-hydrogen) atoms. The van der Waals surface area contributed by atoms with Gasteiger partial charge in [0.05, 0.1) is 29.2 Å². The molecule has 0 N–H and O–H groups in total. The molecule has 0 spiro atoms. The quantitative estimate of drug-likeness (QED) is 0.573. The van der Waals surface area contributed by atoms with Gasteiger partial charge in [0.1, 0.15) is 0 Å². The Bertz CT molecular complexity index is 1280. The molecule has 0 bridgehead atoms. The average molecular weight is 434 g/mol. The highest BCUT2D eigenvalue weighted by atomic mass is 32.2. The van der Waals surface area contributed by atoms with E-state index in [-0.39, 0.29) is 18.2 Å². The van der Waals surface area contributed by atoms with Gasteiger partial charge in [0.15, 0.2) is 5.78 Å². The molecule has 2 aromatic carbocycles. The standard InChI is InChI=1S/C24H23N3O3S/c1-17-7-9-19(10-8-17)31(29,30)26-12-11-20-21(15-26)22(27-16-25-14-23(20)27)13-24(28)18-5-3-2-4-6-18/h2-10,14,16,22H,11-13,15H2,1H3. The van der Waals surface area contributed by atoms with Gasteiger partial charge in [-0.15, -0.1) is 0 Å². The molecule has 158 valence electrons. The van der Waals surface area contributed by atoms with Crippen LogP contribution in [0.2, 0.25) is 0 Å². The third-order valence-corrected chi connectivity index (χ3v) is 8.05. The molecule has 1 unspecified atom stereocenters. The highest BCUT2D eigenvalue weighted by Gasteiger charge is 2.39. The normalized spacial score (nSPS) is 18.7. The number of aryl methyl sites for hydroxylation is 1. The van der Waals surface area contributed by atoms with Gasteiger partial charge in [-0.25, -0.2) is 13.4 Å². The van der Waals surface area contributed by atoms with E-state index < -0.39 is 10.0 Å². The Hall–Kier alpha value is -3.03. The zero-order chi connectivity index (χ0) is 21.6. The minimum Gasteiger partial charge on any atom is -0.323 e.